The van der Waals surface area contributed by atoms with E-state index in [2.05, 4.69) is 26.2 Å². The van der Waals surface area contributed by atoms with Crippen molar-refractivity contribution in [2.24, 2.45) is 0 Å². The number of rotatable bonds is 5. The highest BCUT2D eigenvalue weighted by atomic mass is 32.2. The molecule has 1 N–H and O–H groups in total. The number of carbonyl (C=O) groups excluding carboxylic acids is 1. The van der Waals surface area contributed by atoms with Crippen LogP contribution in [0.15, 0.2) is 63.9 Å². The molecule has 0 radical (unpaired) electrons. The normalized spacial score (nSPS) is 20.8. The number of benzene rings is 3. The Hall–Kier alpha value is -3.69. The third-order valence-electron chi connectivity index (χ3n) is 8.23. The van der Waals surface area contributed by atoms with Gasteiger partial charge in [-0.25, -0.2) is 8.42 Å². The van der Waals surface area contributed by atoms with Crippen LogP contribution in [0.4, 0.5) is 17.4 Å². The average molecular weight is 543 g/mol. The van der Waals surface area contributed by atoms with Crippen LogP contribution in [0.5, 0.6) is 0 Å². The van der Waals surface area contributed by atoms with Gasteiger partial charge in [0, 0.05) is 60.9 Å². The second-order valence-electron chi connectivity index (χ2n) is 10.9. The van der Waals surface area contributed by atoms with Crippen LogP contribution in [-0.2, 0) is 16.3 Å². The van der Waals surface area contributed by atoms with Gasteiger partial charge in [0.25, 0.3) is 6.01 Å². The Morgan fingerprint density at radius 3 is 2.77 bits per heavy atom. The SMILES string of the molecule is CS(=O)(=O)c1cc(Nc2nc3cccc(-c4ccc5c(c4)CCC5=O)c3o2)cc(N2CCN3CCCC2C3)c1. The van der Waals surface area contributed by atoms with Crippen molar-refractivity contribution in [1.82, 2.24) is 9.88 Å². The van der Waals surface area contributed by atoms with Crippen LogP contribution >= 0.6 is 0 Å². The van der Waals surface area contributed by atoms with Gasteiger partial charge in [0.1, 0.15) is 5.52 Å². The van der Waals surface area contributed by atoms with E-state index < -0.39 is 9.84 Å². The molecule has 9 heteroatoms. The number of piperazine rings is 1. The van der Waals surface area contributed by atoms with E-state index in [0.29, 0.717) is 35.3 Å². The zero-order valence-corrected chi connectivity index (χ0v) is 22.6. The average Bonchev–Trinajstić information content (AvgIpc) is 3.50. The van der Waals surface area contributed by atoms with Crippen molar-refractivity contribution in [2.75, 3.05) is 42.7 Å². The number of hydrogen-bond donors (Lipinski definition) is 1. The summed E-state index contributed by atoms with van der Waals surface area (Å²) in [5, 5.41) is 3.24. The molecule has 1 aliphatic carbocycles. The van der Waals surface area contributed by atoms with Crippen molar-refractivity contribution in [3.63, 3.8) is 0 Å². The van der Waals surface area contributed by atoms with Crippen LogP contribution in [0.2, 0.25) is 0 Å². The summed E-state index contributed by atoms with van der Waals surface area (Å²) in [6, 6.07) is 17.8. The molecule has 200 valence electrons. The minimum absolute atomic E-state index is 0.196. The van der Waals surface area contributed by atoms with Gasteiger partial charge in [0.2, 0.25) is 0 Å². The number of nitrogens with one attached hydrogen (secondary N) is 1. The molecule has 2 atom stereocenters. The van der Waals surface area contributed by atoms with E-state index in [-0.39, 0.29) is 10.7 Å². The quantitative estimate of drug-likeness (QED) is 0.374. The van der Waals surface area contributed by atoms with Crippen molar-refractivity contribution >= 4 is 44.1 Å². The minimum atomic E-state index is -3.43. The molecule has 2 fully saturated rings. The molecule has 0 spiro atoms. The van der Waals surface area contributed by atoms with Gasteiger partial charge in [0.05, 0.1) is 4.90 Å². The molecule has 2 aliphatic heterocycles. The van der Waals surface area contributed by atoms with Crippen LogP contribution < -0.4 is 10.2 Å². The first-order chi connectivity index (χ1) is 18.8. The number of piperidine rings is 1. The Morgan fingerprint density at radius 1 is 1.00 bits per heavy atom. The monoisotopic (exact) mass is 542 g/mol. The molecule has 8 nitrogen and oxygen atoms in total. The number of para-hydroxylation sites is 1. The second-order valence-corrected chi connectivity index (χ2v) is 12.9. The first kappa shape index (κ1) is 24.4. The predicted molar refractivity (Wildman–Crippen MR) is 152 cm³/mol. The third kappa shape index (κ3) is 4.49. The molecule has 3 aromatic carbocycles. The van der Waals surface area contributed by atoms with Crippen LogP contribution in [0, 0.1) is 0 Å². The van der Waals surface area contributed by atoms with E-state index in [4.69, 9.17) is 4.42 Å². The largest absolute Gasteiger partial charge is 0.423 e. The molecule has 2 bridgehead atoms. The van der Waals surface area contributed by atoms with E-state index in [9.17, 15) is 13.2 Å². The van der Waals surface area contributed by atoms with E-state index in [1.165, 1.54) is 6.26 Å². The minimum Gasteiger partial charge on any atom is -0.423 e. The summed E-state index contributed by atoms with van der Waals surface area (Å²) in [6.07, 6.45) is 4.82. The van der Waals surface area contributed by atoms with Gasteiger partial charge in [-0.3, -0.25) is 9.69 Å². The molecule has 0 amide bonds. The molecule has 2 saturated heterocycles. The summed E-state index contributed by atoms with van der Waals surface area (Å²) in [5.41, 5.74) is 6.61. The molecule has 1 aromatic heterocycles. The van der Waals surface area contributed by atoms with Gasteiger partial charge in [-0.15, -0.1) is 0 Å². The highest BCUT2D eigenvalue weighted by Crippen LogP contribution is 2.36. The lowest BCUT2D eigenvalue weighted by Crippen LogP contribution is -2.56. The second kappa shape index (κ2) is 9.20. The summed E-state index contributed by atoms with van der Waals surface area (Å²) in [5.74, 6) is 0.196. The van der Waals surface area contributed by atoms with Crippen molar-refractivity contribution in [1.29, 1.82) is 0 Å². The molecular formula is C30H30N4O4S. The number of hydrogen-bond acceptors (Lipinski definition) is 8. The fourth-order valence-electron chi connectivity index (χ4n) is 6.27. The number of carbonyl (C=O) groups is 1. The number of nitrogens with zero attached hydrogens (tertiary/aromatic N) is 3. The maximum Gasteiger partial charge on any atom is 0.300 e. The number of oxazole rings is 1. The standard InChI is InChI=1S/C30H30N4O4S/c1-39(36,37)24-16-21(15-23(17-24)34-13-12-33-11-3-4-22(34)18-33)31-30-32-27-6-2-5-26(29(27)38-30)20-7-9-25-19(14-20)8-10-28(25)35/h2,5-7,9,14-17,22H,3-4,8,10-13,18H2,1H3,(H,31,32). The lowest BCUT2D eigenvalue weighted by atomic mass is 10.00. The Bertz CT molecular complexity index is 1730. The Kier molecular flexibility index (Phi) is 5.75. The zero-order valence-electron chi connectivity index (χ0n) is 21.8. The fraction of sp³-hybridized carbons (Fsp3) is 0.333. The number of sulfone groups is 1. The number of anilines is 3. The smallest absolute Gasteiger partial charge is 0.300 e. The van der Waals surface area contributed by atoms with E-state index in [1.54, 1.807) is 12.1 Å². The first-order valence-electron chi connectivity index (χ1n) is 13.5. The number of aryl methyl sites for hydroxylation is 1. The highest BCUT2D eigenvalue weighted by Gasteiger charge is 2.31. The van der Waals surface area contributed by atoms with Crippen molar-refractivity contribution < 1.29 is 17.6 Å². The lowest BCUT2D eigenvalue weighted by molar-refractivity contribution is 0.0994. The van der Waals surface area contributed by atoms with Gasteiger partial charge in [-0.2, -0.15) is 4.98 Å². The number of fused-ring (bicyclic) bond motifs is 4. The van der Waals surface area contributed by atoms with Crippen LogP contribution in [0.3, 0.4) is 0 Å². The lowest BCUT2D eigenvalue weighted by Gasteiger charge is -2.46. The van der Waals surface area contributed by atoms with Gasteiger partial charge in [0.15, 0.2) is 21.2 Å². The predicted octanol–water partition coefficient (Wildman–Crippen LogP) is 5.06. The number of aromatic nitrogens is 1. The Labute approximate surface area is 227 Å². The third-order valence-corrected chi connectivity index (χ3v) is 9.33. The molecule has 39 heavy (non-hydrogen) atoms. The molecule has 2 unspecified atom stereocenters. The summed E-state index contributed by atoms with van der Waals surface area (Å²) in [7, 11) is -3.43. The van der Waals surface area contributed by atoms with E-state index in [0.717, 1.165) is 73.4 Å². The fourth-order valence-corrected chi connectivity index (χ4v) is 6.95. The number of ketones is 1. The summed E-state index contributed by atoms with van der Waals surface area (Å²) >= 11 is 0. The molecule has 7 rings (SSSR count). The summed E-state index contributed by atoms with van der Waals surface area (Å²) < 4.78 is 31.4. The van der Waals surface area contributed by atoms with E-state index in [1.807, 2.05) is 36.4 Å². The van der Waals surface area contributed by atoms with Gasteiger partial charge in [-0.1, -0.05) is 30.3 Å². The molecule has 4 aromatic rings. The van der Waals surface area contributed by atoms with E-state index >= 15 is 0 Å². The van der Waals surface area contributed by atoms with Crippen molar-refractivity contribution in [3.05, 3.63) is 65.7 Å². The molecule has 3 heterocycles. The molecule has 0 saturated carbocycles. The maximum atomic E-state index is 12.6. The summed E-state index contributed by atoms with van der Waals surface area (Å²) in [4.78, 5) is 21.8. The van der Waals surface area contributed by atoms with Gasteiger partial charge >= 0.3 is 0 Å². The van der Waals surface area contributed by atoms with Crippen molar-refractivity contribution in [2.45, 2.75) is 36.6 Å². The van der Waals surface area contributed by atoms with Crippen LogP contribution in [-0.4, -0.2) is 62.6 Å². The Balaban J connectivity index is 1.24. The van der Waals surface area contributed by atoms with Crippen LogP contribution in [0.1, 0.15) is 35.2 Å². The summed E-state index contributed by atoms with van der Waals surface area (Å²) in [6.45, 7) is 4.00. The van der Waals surface area contributed by atoms with Crippen LogP contribution in [0.25, 0.3) is 22.2 Å². The van der Waals surface area contributed by atoms with Crippen molar-refractivity contribution in [3.8, 4) is 11.1 Å². The molecular weight excluding hydrogens is 512 g/mol. The Morgan fingerprint density at radius 2 is 1.90 bits per heavy atom. The highest BCUT2D eigenvalue weighted by molar-refractivity contribution is 7.90. The zero-order chi connectivity index (χ0) is 26.7. The first-order valence-corrected chi connectivity index (χ1v) is 15.4. The molecule has 3 aliphatic rings. The maximum absolute atomic E-state index is 12.6. The number of Topliss-reactive ketones (excluding diaryl/α,β-unsaturated/α-hetero) is 1. The van der Waals surface area contributed by atoms with Gasteiger partial charge < -0.3 is 14.6 Å². The van der Waals surface area contributed by atoms with Gasteiger partial charge in [-0.05, 0) is 61.2 Å². The topological polar surface area (TPSA) is 95.7 Å².